The molecule has 1 saturated carbocycles. The van der Waals surface area contributed by atoms with Crippen LogP contribution in [-0.4, -0.2) is 27.5 Å². The average Bonchev–Trinajstić information content (AvgIpc) is 2.41. The predicted molar refractivity (Wildman–Crippen MR) is 65.9 cm³/mol. The molecule has 0 aromatic heterocycles. The lowest BCUT2D eigenvalue weighted by atomic mass is 10.1. The molecule has 0 amide bonds. The third-order valence-corrected chi connectivity index (χ3v) is 4.15. The van der Waals surface area contributed by atoms with Crippen LogP contribution in [-0.2, 0) is 0 Å². The van der Waals surface area contributed by atoms with E-state index in [0.29, 0.717) is 12.1 Å². The van der Waals surface area contributed by atoms with Gasteiger partial charge in [-0.25, -0.2) is 4.99 Å². The van der Waals surface area contributed by atoms with Crippen LogP contribution >= 0.6 is 22.9 Å². The Hall–Kier alpha value is -0.330. The van der Waals surface area contributed by atoms with Crippen LogP contribution in [0, 0.1) is 5.41 Å². The van der Waals surface area contributed by atoms with E-state index in [1.807, 2.05) is 0 Å². The largest absolute Gasteiger partial charge is 0.350 e. The number of guanidine groups is 1. The van der Waals surface area contributed by atoms with Gasteiger partial charge in [0, 0.05) is 0 Å². The van der Waals surface area contributed by atoms with Gasteiger partial charge in [-0.1, -0.05) is 19.3 Å². The quantitative estimate of drug-likeness (QED) is 0.336. The Morgan fingerprint density at radius 2 is 2.21 bits per heavy atom. The first kappa shape index (κ1) is 10.2. The summed E-state index contributed by atoms with van der Waals surface area (Å²) < 4.78 is 2.17. The Morgan fingerprint density at radius 3 is 3.00 bits per heavy atom. The van der Waals surface area contributed by atoms with Gasteiger partial charge in [-0.3, -0.25) is 8.52 Å². The smallest absolute Gasteiger partial charge is 0.209 e. The molecule has 5 heteroatoms. The predicted octanol–water partition coefficient (Wildman–Crippen LogP) is 1.91. The Bertz CT molecular complexity index is 253. The van der Waals surface area contributed by atoms with E-state index in [0.717, 1.165) is 12.3 Å². The average molecular weight is 306 g/mol. The van der Waals surface area contributed by atoms with Gasteiger partial charge < -0.3 is 5.32 Å². The maximum absolute atomic E-state index is 6.98. The molecule has 14 heavy (non-hydrogen) atoms. The minimum atomic E-state index is 0.549. The van der Waals surface area contributed by atoms with Gasteiger partial charge in [0.25, 0.3) is 0 Å². The maximum Gasteiger partial charge on any atom is 0.209 e. The SMILES string of the molecule is N=C/N=C1\NC2CCCCCC2N1I. The molecule has 0 bridgehead atoms. The minimum Gasteiger partial charge on any atom is -0.350 e. The summed E-state index contributed by atoms with van der Waals surface area (Å²) in [6, 6.07) is 1.13. The second kappa shape index (κ2) is 4.46. The van der Waals surface area contributed by atoms with Gasteiger partial charge in [0.1, 0.15) is 6.34 Å². The van der Waals surface area contributed by atoms with Crippen LogP contribution in [0.5, 0.6) is 0 Å². The molecule has 4 nitrogen and oxygen atoms in total. The van der Waals surface area contributed by atoms with E-state index >= 15 is 0 Å². The molecule has 2 aliphatic rings. The normalized spacial score (nSPS) is 34.9. The fraction of sp³-hybridized carbons (Fsp3) is 0.778. The summed E-state index contributed by atoms with van der Waals surface area (Å²) in [6.07, 6.45) is 7.59. The third kappa shape index (κ3) is 1.87. The van der Waals surface area contributed by atoms with E-state index in [1.165, 1.54) is 32.1 Å². The highest BCUT2D eigenvalue weighted by Crippen LogP contribution is 2.29. The first-order valence-corrected chi connectivity index (χ1v) is 6.07. The topological polar surface area (TPSA) is 51.5 Å². The van der Waals surface area contributed by atoms with Crippen molar-refractivity contribution >= 4 is 35.2 Å². The standard InChI is InChI=1S/C9H15IN4/c10-14-8-5-3-1-2-4-7(8)13-9(14)12-6-11/h6-8H,1-5H2,(H2,11,12,13). The molecule has 0 aromatic rings. The number of hydrogen-bond acceptors (Lipinski definition) is 1. The molecule has 0 spiro atoms. The van der Waals surface area contributed by atoms with Crippen molar-refractivity contribution < 1.29 is 0 Å². The zero-order valence-electron chi connectivity index (χ0n) is 8.04. The highest BCUT2D eigenvalue weighted by atomic mass is 127. The van der Waals surface area contributed by atoms with Crippen LogP contribution in [0.25, 0.3) is 0 Å². The summed E-state index contributed by atoms with van der Waals surface area (Å²) >= 11 is 2.31. The van der Waals surface area contributed by atoms with Crippen LogP contribution in [0.1, 0.15) is 32.1 Å². The lowest BCUT2D eigenvalue weighted by Gasteiger charge is -2.19. The number of nitrogens with zero attached hydrogens (tertiary/aromatic N) is 2. The van der Waals surface area contributed by atoms with E-state index in [-0.39, 0.29) is 0 Å². The molecular formula is C9H15IN4. The molecule has 1 heterocycles. The third-order valence-electron chi connectivity index (χ3n) is 2.97. The molecule has 0 radical (unpaired) electrons. The molecule has 2 atom stereocenters. The molecule has 1 aliphatic heterocycles. The lowest BCUT2D eigenvalue weighted by molar-refractivity contribution is 0.429. The van der Waals surface area contributed by atoms with Crippen molar-refractivity contribution in [2.45, 2.75) is 44.2 Å². The molecule has 0 aromatic carbocycles. The van der Waals surface area contributed by atoms with E-state index in [9.17, 15) is 0 Å². The monoisotopic (exact) mass is 306 g/mol. The van der Waals surface area contributed by atoms with Crippen molar-refractivity contribution in [3.05, 3.63) is 0 Å². The van der Waals surface area contributed by atoms with Gasteiger partial charge in [0.2, 0.25) is 5.96 Å². The number of halogens is 1. The molecule has 2 fully saturated rings. The second-order valence-corrected chi connectivity index (χ2v) is 4.89. The summed E-state index contributed by atoms with van der Waals surface area (Å²) in [5, 5.41) is 10.4. The van der Waals surface area contributed by atoms with Crippen LogP contribution in [0.3, 0.4) is 0 Å². The molecule has 2 unspecified atom stereocenters. The molecule has 2 rings (SSSR count). The minimum absolute atomic E-state index is 0.549. The van der Waals surface area contributed by atoms with Crippen molar-refractivity contribution in [1.29, 1.82) is 5.41 Å². The highest BCUT2D eigenvalue weighted by Gasteiger charge is 2.36. The van der Waals surface area contributed by atoms with Crippen molar-refractivity contribution in [2.24, 2.45) is 4.99 Å². The van der Waals surface area contributed by atoms with Gasteiger partial charge >= 0.3 is 0 Å². The summed E-state index contributed by atoms with van der Waals surface area (Å²) in [6.45, 7) is 0. The van der Waals surface area contributed by atoms with E-state index in [1.54, 1.807) is 0 Å². The van der Waals surface area contributed by atoms with E-state index in [4.69, 9.17) is 5.41 Å². The molecular weight excluding hydrogens is 291 g/mol. The molecule has 1 aliphatic carbocycles. The maximum atomic E-state index is 6.98. The Balaban J connectivity index is 2.12. The second-order valence-electron chi connectivity index (χ2n) is 3.85. The number of hydrogen-bond donors (Lipinski definition) is 2. The van der Waals surface area contributed by atoms with Gasteiger partial charge in [-0.15, -0.1) is 0 Å². The van der Waals surface area contributed by atoms with Gasteiger partial charge in [0.15, 0.2) is 0 Å². The first-order valence-electron chi connectivity index (χ1n) is 5.11. The number of rotatable bonds is 1. The number of nitrogens with one attached hydrogen (secondary N) is 2. The Morgan fingerprint density at radius 1 is 1.43 bits per heavy atom. The van der Waals surface area contributed by atoms with E-state index < -0.39 is 0 Å². The van der Waals surface area contributed by atoms with E-state index in [2.05, 4.69) is 36.3 Å². The van der Waals surface area contributed by atoms with Gasteiger partial charge in [0.05, 0.1) is 34.9 Å². The van der Waals surface area contributed by atoms with Crippen LogP contribution < -0.4 is 5.32 Å². The summed E-state index contributed by atoms with van der Waals surface area (Å²) in [5.74, 6) is 0.859. The van der Waals surface area contributed by atoms with Crippen molar-refractivity contribution in [2.75, 3.05) is 0 Å². The van der Waals surface area contributed by atoms with Crippen molar-refractivity contribution in [3.63, 3.8) is 0 Å². The molecule has 2 N–H and O–H groups in total. The molecule has 1 saturated heterocycles. The van der Waals surface area contributed by atoms with Gasteiger partial charge in [-0.05, 0) is 12.8 Å². The van der Waals surface area contributed by atoms with Crippen molar-refractivity contribution in [3.8, 4) is 0 Å². The molecule has 78 valence electrons. The van der Waals surface area contributed by atoms with Crippen LogP contribution in [0.15, 0.2) is 4.99 Å². The highest BCUT2D eigenvalue weighted by molar-refractivity contribution is 14.1. The Kier molecular flexibility index (Phi) is 3.25. The number of aliphatic imine (C=N–C) groups is 1. The first-order chi connectivity index (χ1) is 6.83. The van der Waals surface area contributed by atoms with Crippen LogP contribution in [0.4, 0.5) is 0 Å². The zero-order valence-corrected chi connectivity index (χ0v) is 10.2. The zero-order chi connectivity index (χ0) is 9.97. The fourth-order valence-electron chi connectivity index (χ4n) is 2.27. The fourth-order valence-corrected chi connectivity index (χ4v) is 3.20. The summed E-state index contributed by atoms with van der Waals surface area (Å²) in [4.78, 5) is 4.03. The summed E-state index contributed by atoms with van der Waals surface area (Å²) in [5.41, 5.74) is 0. The van der Waals surface area contributed by atoms with Crippen molar-refractivity contribution in [1.82, 2.24) is 8.43 Å². The summed E-state index contributed by atoms with van der Waals surface area (Å²) in [7, 11) is 0. The van der Waals surface area contributed by atoms with Gasteiger partial charge in [-0.2, -0.15) is 0 Å². The number of fused-ring (bicyclic) bond motifs is 1. The Labute approximate surface area is 98.2 Å². The lowest BCUT2D eigenvalue weighted by Crippen LogP contribution is -2.31. The van der Waals surface area contributed by atoms with Crippen LogP contribution in [0.2, 0.25) is 0 Å².